The molecule has 0 unspecified atom stereocenters. The summed E-state index contributed by atoms with van der Waals surface area (Å²) in [5.74, 6) is 0. The third-order valence-electron chi connectivity index (χ3n) is 2.29. The number of rotatable bonds is 2. The summed E-state index contributed by atoms with van der Waals surface area (Å²) in [5.41, 5.74) is 3.80. The zero-order valence-electron chi connectivity index (χ0n) is 8.17. The molecule has 0 amide bonds. The van der Waals surface area contributed by atoms with E-state index in [1.54, 1.807) is 0 Å². The molecule has 0 saturated carbocycles. The summed E-state index contributed by atoms with van der Waals surface area (Å²) >= 11 is 0. The molecule has 0 aliphatic carbocycles. The second kappa shape index (κ2) is 3.34. The van der Waals surface area contributed by atoms with Gasteiger partial charge in [0, 0.05) is 19.6 Å². The molecule has 1 saturated heterocycles. The molecule has 1 aliphatic rings. The van der Waals surface area contributed by atoms with Gasteiger partial charge in [-0.3, -0.25) is 4.68 Å². The molecule has 0 spiro atoms. The largest absolute Gasteiger partial charge is 0.309 e. The van der Waals surface area contributed by atoms with Gasteiger partial charge in [0.15, 0.2) is 0 Å². The van der Waals surface area contributed by atoms with Crippen molar-refractivity contribution in [2.75, 3.05) is 13.1 Å². The minimum atomic E-state index is 0.945. The van der Waals surface area contributed by atoms with E-state index in [1.807, 2.05) is 11.6 Å². The van der Waals surface area contributed by atoms with Gasteiger partial charge < -0.3 is 5.32 Å². The van der Waals surface area contributed by atoms with Crippen molar-refractivity contribution < 1.29 is 0 Å². The summed E-state index contributed by atoms with van der Waals surface area (Å²) < 4.78 is 2.04. The molecule has 0 atom stereocenters. The Balaban J connectivity index is 2.27. The molecule has 1 aliphatic heterocycles. The van der Waals surface area contributed by atoms with Crippen LogP contribution in [0.1, 0.15) is 18.3 Å². The molecule has 1 aromatic heterocycles. The van der Waals surface area contributed by atoms with Gasteiger partial charge in [0.25, 0.3) is 0 Å². The Morgan fingerprint density at radius 2 is 2.38 bits per heavy atom. The summed E-state index contributed by atoms with van der Waals surface area (Å²) in [7, 11) is 0. The Morgan fingerprint density at radius 3 is 2.92 bits per heavy atom. The van der Waals surface area contributed by atoms with Crippen LogP contribution in [0.25, 0.3) is 6.08 Å². The van der Waals surface area contributed by atoms with Crippen molar-refractivity contribution in [3.05, 3.63) is 23.0 Å². The smallest absolute Gasteiger partial charge is 0.0613 e. The highest BCUT2D eigenvalue weighted by molar-refractivity contribution is 5.52. The van der Waals surface area contributed by atoms with E-state index in [1.165, 1.54) is 11.3 Å². The van der Waals surface area contributed by atoms with Crippen molar-refractivity contribution in [1.29, 1.82) is 0 Å². The van der Waals surface area contributed by atoms with Crippen LogP contribution in [-0.2, 0) is 6.54 Å². The molecule has 0 radical (unpaired) electrons. The molecule has 2 rings (SSSR count). The quantitative estimate of drug-likeness (QED) is 0.735. The van der Waals surface area contributed by atoms with Gasteiger partial charge in [0.2, 0.25) is 0 Å². The average Bonchev–Trinajstić information content (AvgIpc) is 2.38. The van der Waals surface area contributed by atoms with Crippen molar-refractivity contribution in [2.45, 2.75) is 20.4 Å². The summed E-state index contributed by atoms with van der Waals surface area (Å²) in [5, 5.41) is 7.62. The fraction of sp³-hybridized carbons (Fsp3) is 0.500. The second-order valence-electron chi connectivity index (χ2n) is 3.43. The fourth-order valence-electron chi connectivity index (χ4n) is 1.52. The van der Waals surface area contributed by atoms with Crippen LogP contribution in [0, 0.1) is 6.92 Å². The third kappa shape index (κ3) is 1.65. The normalized spacial score (nSPS) is 15.7. The lowest BCUT2D eigenvalue weighted by Crippen LogP contribution is -2.33. The highest BCUT2D eigenvalue weighted by Gasteiger charge is 2.08. The second-order valence-corrected chi connectivity index (χ2v) is 3.43. The van der Waals surface area contributed by atoms with Crippen LogP contribution < -0.4 is 5.32 Å². The predicted octanol–water partition coefficient (Wildman–Crippen LogP) is 1.20. The number of nitrogens with one attached hydrogen (secondary N) is 1. The van der Waals surface area contributed by atoms with Crippen LogP contribution in [0.2, 0.25) is 0 Å². The Bertz CT molecular complexity index is 330. The molecular weight excluding hydrogens is 162 g/mol. The van der Waals surface area contributed by atoms with E-state index in [9.17, 15) is 0 Å². The highest BCUT2D eigenvalue weighted by atomic mass is 15.3. The summed E-state index contributed by atoms with van der Waals surface area (Å²) in [6.45, 7) is 7.17. The summed E-state index contributed by atoms with van der Waals surface area (Å²) in [6, 6.07) is 2.13. The number of hydrogen-bond acceptors (Lipinski definition) is 2. The Labute approximate surface area is 78.4 Å². The molecule has 0 bridgehead atoms. The summed E-state index contributed by atoms with van der Waals surface area (Å²) in [6.07, 6.45) is 2.24. The Hall–Kier alpha value is -1.09. The third-order valence-corrected chi connectivity index (χ3v) is 2.29. The van der Waals surface area contributed by atoms with Crippen molar-refractivity contribution >= 4 is 6.08 Å². The van der Waals surface area contributed by atoms with Gasteiger partial charge in [-0.2, -0.15) is 5.10 Å². The van der Waals surface area contributed by atoms with Crippen molar-refractivity contribution in [1.82, 2.24) is 15.1 Å². The topological polar surface area (TPSA) is 29.9 Å². The van der Waals surface area contributed by atoms with E-state index in [2.05, 4.69) is 29.5 Å². The van der Waals surface area contributed by atoms with Crippen LogP contribution in [0.15, 0.2) is 11.6 Å². The number of aromatic nitrogens is 2. The maximum absolute atomic E-state index is 4.39. The van der Waals surface area contributed by atoms with E-state index in [4.69, 9.17) is 0 Å². The predicted molar refractivity (Wildman–Crippen MR) is 53.5 cm³/mol. The Morgan fingerprint density at radius 1 is 1.62 bits per heavy atom. The SMILES string of the molecule is CCn1nc(C)cc1C=C1CNC1. The van der Waals surface area contributed by atoms with Gasteiger partial charge in [-0.05, 0) is 31.6 Å². The van der Waals surface area contributed by atoms with Crippen molar-refractivity contribution in [2.24, 2.45) is 0 Å². The van der Waals surface area contributed by atoms with Crippen molar-refractivity contribution in [3.63, 3.8) is 0 Å². The first kappa shape index (κ1) is 8.51. The summed E-state index contributed by atoms with van der Waals surface area (Å²) in [4.78, 5) is 0. The van der Waals surface area contributed by atoms with Crippen LogP contribution >= 0.6 is 0 Å². The number of nitrogens with zero attached hydrogens (tertiary/aromatic N) is 2. The van der Waals surface area contributed by atoms with E-state index >= 15 is 0 Å². The van der Waals surface area contributed by atoms with Gasteiger partial charge in [-0.15, -0.1) is 0 Å². The van der Waals surface area contributed by atoms with Crippen LogP contribution in [0.5, 0.6) is 0 Å². The first-order valence-corrected chi connectivity index (χ1v) is 4.74. The molecule has 3 nitrogen and oxygen atoms in total. The average molecular weight is 177 g/mol. The van der Waals surface area contributed by atoms with E-state index < -0.39 is 0 Å². The van der Waals surface area contributed by atoms with Crippen LogP contribution in [0.4, 0.5) is 0 Å². The van der Waals surface area contributed by atoms with Gasteiger partial charge in [-0.1, -0.05) is 0 Å². The molecule has 1 fully saturated rings. The molecular formula is C10H15N3. The maximum atomic E-state index is 4.39. The lowest BCUT2D eigenvalue weighted by atomic mass is 10.1. The van der Waals surface area contributed by atoms with Crippen LogP contribution in [0.3, 0.4) is 0 Å². The zero-order chi connectivity index (χ0) is 9.26. The molecule has 13 heavy (non-hydrogen) atoms. The minimum absolute atomic E-state index is 0.945. The Kier molecular flexibility index (Phi) is 2.19. The minimum Gasteiger partial charge on any atom is -0.309 e. The standard InChI is InChI=1S/C10H15N3/c1-3-13-10(4-8(2)12-13)5-9-6-11-7-9/h4-5,11H,3,6-7H2,1-2H3. The molecule has 70 valence electrons. The van der Waals surface area contributed by atoms with Gasteiger partial charge in [0.05, 0.1) is 11.4 Å². The van der Waals surface area contributed by atoms with E-state index in [-0.39, 0.29) is 0 Å². The van der Waals surface area contributed by atoms with Gasteiger partial charge >= 0.3 is 0 Å². The number of hydrogen-bond donors (Lipinski definition) is 1. The lowest BCUT2D eigenvalue weighted by molar-refractivity contribution is 0.641. The molecule has 0 aromatic carbocycles. The number of aryl methyl sites for hydroxylation is 2. The zero-order valence-corrected chi connectivity index (χ0v) is 8.17. The highest BCUT2D eigenvalue weighted by Crippen LogP contribution is 2.11. The first-order chi connectivity index (χ1) is 6.29. The van der Waals surface area contributed by atoms with Gasteiger partial charge in [-0.25, -0.2) is 0 Å². The molecule has 3 heteroatoms. The first-order valence-electron chi connectivity index (χ1n) is 4.74. The lowest BCUT2D eigenvalue weighted by Gasteiger charge is -2.18. The maximum Gasteiger partial charge on any atom is 0.0613 e. The van der Waals surface area contributed by atoms with Gasteiger partial charge in [0.1, 0.15) is 0 Å². The molecule has 2 heterocycles. The molecule has 1 aromatic rings. The van der Waals surface area contributed by atoms with Crippen LogP contribution in [-0.4, -0.2) is 22.9 Å². The fourth-order valence-corrected chi connectivity index (χ4v) is 1.52. The molecule has 1 N–H and O–H groups in total. The van der Waals surface area contributed by atoms with Crippen molar-refractivity contribution in [3.8, 4) is 0 Å². The van der Waals surface area contributed by atoms with E-state index in [0.717, 1.165) is 25.3 Å². The monoisotopic (exact) mass is 177 g/mol. The van der Waals surface area contributed by atoms with E-state index in [0.29, 0.717) is 0 Å².